The first-order chi connectivity index (χ1) is 12.0. The fraction of sp³-hybridized carbons (Fsp3) is 0.300. The summed E-state index contributed by atoms with van der Waals surface area (Å²) in [4.78, 5) is 23.6. The molecule has 5 heteroatoms. The lowest BCUT2D eigenvalue weighted by Crippen LogP contribution is -2.31. The summed E-state index contributed by atoms with van der Waals surface area (Å²) >= 11 is 0. The van der Waals surface area contributed by atoms with Gasteiger partial charge in [0.2, 0.25) is 0 Å². The Balaban J connectivity index is 1.74. The quantitative estimate of drug-likeness (QED) is 0.786. The van der Waals surface area contributed by atoms with Gasteiger partial charge in [-0.25, -0.2) is 4.79 Å². The Hall–Kier alpha value is -2.82. The molecule has 0 bridgehead atoms. The topological polar surface area (TPSA) is 64.6 Å². The van der Waals surface area contributed by atoms with Crippen LogP contribution in [-0.4, -0.2) is 25.1 Å². The number of ether oxygens (including phenoxy) is 2. The molecule has 0 saturated carbocycles. The Morgan fingerprint density at radius 1 is 1.04 bits per heavy atom. The van der Waals surface area contributed by atoms with Gasteiger partial charge in [-0.1, -0.05) is 42.5 Å². The van der Waals surface area contributed by atoms with Crippen LogP contribution in [0.3, 0.4) is 0 Å². The van der Waals surface area contributed by atoms with E-state index in [-0.39, 0.29) is 25.2 Å². The molecule has 132 valence electrons. The fourth-order valence-corrected chi connectivity index (χ4v) is 2.30. The SMILES string of the molecule is Cc1ccc(C)c(OCC(=O)OCC(=O)N[C@@H](C)c2ccccc2)c1. The molecule has 0 unspecified atom stereocenters. The lowest BCUT2D eigenvalue weighted by molar-refractivity contribution is -0.150. The second kappa shape index (κ2) is 8.87. The molecule has 0 aliphatic rings. The van der Waals surface area contributed by atoms with E-state index in [0.29, 0.717) is 5.75 Å². The average molecular weight is 341 g/mol. The van der Waals surface area contributed by atoms with Crippen LogP contribution in [-0.2, 0) is 14.3 Å². The van der Waals surface area contributed by atoms with Gasteiger partial charge in [0.25, 0.3) is 5.91 Å². The summed E-state index contributed by atoms with van der Waals surface area (Å²) in [7, 11) is 0. The molecule has 0 aromatic heterocycles. The molecule has 5 nitrogen and oxygen atoms in total. The second-order valence-corrected chi connectivity index (χ2v) is 5.92. The average Bonchev–Trinajstić information content (AvgIpc) is 2.61. The third-order valence-corrected chi connectivity index (χ3v) is 3.73. The van der Waals surface area contributed by atoms with E-state index in [1.165, 1.54) is 0 Å². The number of benzene rings is 2. The molecule has 25 heavy (non-hydrogen) atoms. The van der Waals surface area contributed by atoms with Gasteiger partial charge in [0, 0.05) is 0 Å². The van der Waals surface area contributed by atoms with Crippen LogP contribution in [0.4, 0.5) is 0 Å². The number of nitrogens with one attached hydrogen (secondary N) is 1. The largest absolute Gasteiger partial charge is 0.482 e. The van der Waals surface area contributed by atoms with E-state index in [0.717, 1.165) is 16.7 Å². The predicted molar refractivity (Wildman–Crippen MR) is 95.4 cm³/mol. The first kappa shape index (κ1) is 18.5. The molecule has 2 aromatic rings. The highest BCUT2D eigenvalue weighted by atomic mass is 16.6. The van der Waals surface area contributed by atoms with Crippen LogP contribution in [0.15, 0.2) is 48.5 Å². The van der Waals surface area contributed by atoms with Crippen LogP contribution in [0.2, 0.25) is 0 Å². The highest BCUT2D eigenvalue weighted by Crippen LogP contribution is 2.18. The Kier molecular flexibility index (Phi) is 6.57. The van der Waals surface area contributed by atoms with Crippen LogP contribution < -0.4 is 10.1 Å². The second-order valence-electron chi connectivity index (χ2n) is 5.92. The van der Waals surface area contributed by atoms with Gasteiger partial charge in [-0.2, -0.15) is 0 Å². The van der Waals surface area contributed by atoms with Gasteiger partial charge < -0.3 is 14.8 Å². The monoisotopic (exact) mass is 341 g/mol. The van der Waals surface area contributed by atoms with Crippen molar-refractivity contribution in [3.63, 3.8) is 0 Å². The van der Waals surface area contributed by atoms with Crippen LogP contribution >= 0.6 is 0 Å². The number of carbonyl (C=O) groups is 2. The van der Waals surface area contributed by atoms with E-state index < -0.39 is 5.97 Å². The van der Waals surface area contributed by atoms with Gasteiger partial charge in [0.15, 0.2) is 13.2 Å². The fourth-order valence-electron chi connectivity index (χ4n) is 2.30. The van der Waals surface area contributed by atoms with Crippen molar-refractivity contribution in [2.45, 2.75) is 26.8 Å². The number of esters is 1. The number of amides is 1. The molecule has 0 saturated heterocycles. The first-order valence-electron chi connectivity index (χ1n) is 8.15. The highest BCUT2D eigenvalue weighted by molar-refractivity contribution is 5.81. The molecule has 0 radical (unpaired) electrons. The zero-order chi connectivity index (χ0) is 18.2. The van der Waals surface area contributed by atoms with Crippen molar-refractivity contribution in [1.82, 2.24) is 5.32 Å². The van der Waals surface area contributed by atoms with Crippen LogP contribution in [0, 0.1) is 13.8 Å². The molecule has 1 amide bonds. The molecule has 0 heterocycles. The van der Waals surface area contributed by atoms with Crippen LogP contribution in [0.1, 0.15) is 29.7 Å². The van der Waals surface area contributed by atoms with Crippen molar-refractivity contribution in [1.29, 1.82) is 0 Å². The highest BCUT2D eigenvalue weighted by Gasteiger charge is 2.12. The van der Waals surface area contributed by atoms with E-state index in [2.05, 4.69) is 5.32 Å². The van der Waals surface area contributed by atoms with Crippen molar-refractivity contribution in [2.24, 2.45) is 0 Å². The number of aryl methyl sites for hydroxylation is 2. The Bertz CT molecular complexity index is 728. The van der Waals surface area contributed by atoms with E-state index in [9.17, 15) is 9.59 Å². The van der Waals surface area contributed by atoms with E-state index >= 15 is 0 Å². The van der Waals surface area contributed by atoms with Crippen molar-refractivity contribution >= 4 is 11.9 Å². The molecule has 0 fully saturated rings. The normalized spacial score (nSPS) is 11.5. The zero-order valence-electron chi connectivity index (χ0n) is 14.7. The Morgan fingerprint density at radius 2 is 1.76 bits per heavy atom. The molecule has 0 aliphatic carbocycles. The minimum absolute atomic E-state index is 0.154. The molecule has 0 spiro atoms. The van der Waals surface area contributed by atoms with Gasteiger partial charge in [-0.15, -0.1) is 0 Å². The molecular weight excluding hydrogens is 318 g/mol. The maximum atomic E-state index is 11.9. The van der Waals surface area contributed by atoms with Gasteiger partial charge in [-0.05, 0) is 43.5 Å². The maximum Gasteiger partial charge on any atom is 0.344 e. The minimum atomic E-state index is -0.580. The number of carbonyl (C=O) groups excluding carboxylic acids is 2. The van der Waals surface area contributed by atoms with Crippen LogP contribution in [0.5, 0.6) is 5.75 Å². The van der Waals surface area contributed by atoms with Gasteiger partial charge in [-0.3, -0.25) is 4.79 Å². The summed E-state index contributed by atoms with van der Waals surface area (Å²) in [5.41, 5.74) is 2.97. The van der Waals surface area contributed by atoms with Crippen LogP contribution in [0.25, 0.3) is 0 Å². The summed E-state index contributed by atoms with van der Waals surface area (Å²) in [6.45, 7) is 5.16. The van der Waals surface area contributed by atoms with Gasteiger partial charge in [0.1, 0.15) is 5.75 Å². The molecule has 1 atom stereocenters. The van der Waals surface area contributed by atoms with Gasteiger partial charge in [0.05, 0.1) is 6.04 Å². The molecule has 2 rings (SSSR count). The lowest BCUT2D eigenvalue weighted by Gasteiger charge is -2.14. The summed E-state index contributed by atoms with van der Waals surface area (Å²) in [5, 5.41) is 2.78. The van der Waals surface area contributed by atoms with E-state index in [1.807, 2.05) is 69.3 Å². The summed E-state index contributed by atoms with van der Waals surface area (Å²) in [6, 6.07) is 15.2. The number of hydrogen-bond donors (Lipinski definition) is 1. The van der Waals surface area contributed by atoms with Crippen molar-refractivity contribution in [3.05, 3.63) is 65.2 Å². The number of hydrogen-bond acceptors (Lipinski definition) is 4. The third-order valence-electron chi connectivity index (χ3n) is 3.73. The molecule has 0 aliphatic heterocycles. The summed E-state index contributed by atoms with van der Waals surface area (Å²) in [5.74, 6) is -0.293. The summed E-state index contributed by atoms with van der Waals surface area (Å²) in [6.07, 6.45) is 0. The lowest BCUT2D eigenvalue weighted by atomic mass is 10.1. The smallest absolute Gasteiger partial charge is 0.344 e. The van der Waals surface area contributed by atoms with Crippen molar-refractivity contribution in [2.75, 3.05) is 13.2 Å². The minimum Gasteiger partial charge on any atom is -0.482 e. The van der Waals surface area contributed by atoms with Crippen molar-refractivity contribution < 1.29 is 19.1 Å². The maximum absolute atomic E-state index is 11.9. The van der Waals surface area contributed by atoms with Crippen molar-refractivity contribution in [3.8, 4) is 5.75 Å². The third kappa shape index (κ3) is 5.95. The first-order valence-corrected chi connectivity index (χ1v) is 8.15. The standard InChI is InChI=1S/C20H23NO4/c1-14-9-10-15(2)18(11-14)24-13-20(23)25-12-19(22)21-16(3)17-7-5-4-6-8-17/h4-11,16H,12-13H2,1-3H3,(H,21,22)/t16-/m0/s1. The van der Waals surface area contributed by atoms with Gasteiger partial charge >= 0.3 is 5.97 Å². The summed E-state index contributed by atoms with van der Waals surface area (Å²) < 4.78 is 10.4. The van der Waals surface area contributed by atoms with E-state index in [4.69, 9.17) is 9.47 Å². The molecule has 1 N–H and O–H groups in total. The zero-order valence-corrected chi connectivity index (χ0v) is 14.7. The molecule has 2 aromatic carbocycles. The van der Waals surface area contributed by atoms with E-state index in [1.54, 1.807) is 0 Å². The Labute approximate surface area is 148 Å². The Morgan fingerprint density at radius 3 is 2.48 bits per heavy atom. The molecular formula is C20H23NO4. The number of rotatable bonds is 7. The predicted octanol–water partition coefficient (Wildman–Crippen LogP) is 3.10.